The second kappa shape index (κ2) is 8.66. The van der Waals surface area contributed by atoms with Crippen molar-refractivity contribution in [3.05, 3.63) is 65.8 Å². The molecular formula is C21H20F3N7. The molecule has 160 valence electrons. The monoisotopic (exact) mass is 427 g/mol. The standard InChI is InChI=1S/C21H20F3N7/c1-13(11-14-8-9-14)27-20-30-18(16-6-4-7-17(28-16)21(22,23)24)29-19(31-20)26-12-15-5-2-3-10-25-15/h2-7,10-11,14H,8-9,12H2,1H3,(H2,26,27,29,30,31). The average molecular weight is 427 g/mol. The molecule has 0 saturated heterocycles. The topological polar surface area (TPSA) is 88.5 Å². The minimum absolute atomic E-state index is 0.00462. The highest BCUT2D eigenvalue weighted by Crippen LogP contribution is 2.31. The van der Waals surface area contributed by atoms with E-state index in [4.69, 9.17) is 0 Å². The Labute approximate surface area is 176 Å². The fourth-order valence-corrected chi connectivity index (χ4v) is 2.85. The maximum Gasteiger partial charge on any atom is 0.433 e. The largest absolute Gasteiger partial charge is 0.433 e. The Balaban J connectivity index is 1.65. The first-order valence-electron chi connectivity index (χ1n) is 9.77. The van der Waals surface area contributed by atoms with Crippen molar-refractivity contribution in [2.75, 3.05) is 10.6 Å². The normalized spacial score (nSPS) is 14.4. The van der Waals surface area contributed by atoms with Crippen LogP contribution in [-0.2, 0) is 12.7 Å². The summed E-state index contributed by atoms with van der Waals surface area (Å²) in [5.41, 5.74) is 0.631. The van der Waals surface area contributed by atoms with E-state index in [0.29, 0.717) is 12.5 Å². The number of anilines is 2. The van der Waals surface area contributed by atoms with Crippen LogP contribution < -0.4 is 10.6 Å². The Bertz CT molecular complexity index is 1080. The smallest absolute Gasteiger partial charge is 0.348 e. The van der Waals surface area contributed by atoms with Crippen LogP contribution in [0, 0.1) is 5.92 Å². The minimum Gasteiger partial charge on any atom is -0.348 e. The van der Waals surface area contributed by atoms with Gasteiger partial charge in [-0.3, -0.25) is 4.98 Å². The number of nitrogens with one attached hydrogen (secondary N) is 2. The van der Waals surface area contributed by atoms with E-state index in [2.05, 4.69) is 41.6 Å². The van der Waals surface area contributed by atoms with Crippen LogP contribution in [0.25, 0.3) is 11.5 Å². The first-order chi connectivity index (χ1) is 14.9. The number of allylic oxidation sites excluding steroid dienone is 2. The first-order valence-corrected chi connectivity index (χ1v) is 9.77. The molecule has 3 aromatic rings. The number of aromatic nitrogens is 5. The molecule has 7 nitrogen and oxygen atoms in total. The van der Waals surface area contributed by atoms with E-state index in [-0.39, 0.29) is 23.4 Å². The summed E-state index contributed by atoms with van der Waals surface area (Å²) in [6, 6.07) is 9.12. The molecule has 10 heteroatoms. The third-order valence-corrected chi connectivity index (χ3v) is 4.47. The highest BCUT2D eigenvalue weighted by molar-refractivity contribution is 5.54. The molecule has 0 unspecified atom stereocenters. The molecule has 1 saturated carbocycles. The van der Waals surface area contributed by atoms with Crippen molar-refractivity contribution in [2.24, 2.45) is 5.92 Å². The van der Waals surface area contributed by atoms with Gasteiger partial charge in [0.15, 0.2) is 5.82 Å². The number of rotatable bonds is 7. The number of nitrogens with zero attached hydrogens (tertiary/aromatic N) is 5. The van der Waals surface area contributed by atoms with E-state index in [1.54, 1.807) is 12.3 Å². The van der Waals surface area contributed by atoms with E-state index in [0.717, 1.165) is 30.3 Å². The van der Waals surface area contributed by atoms with Crippen LogP contribution in [0.1, 0.15) is 31.2 Å². The zero-order chi connectivity index (χ0) is 21.8. The summed E-state index contributed by atoms with van der Waals surface area (Å²) in [6.07, 6.45) is 1.49. The summed E-state index contributed by atoms with van der Waals surface area (Å²) in [5.74, 6) is 1.01. The Kier molecular flexibility index (Phi) is 5.79. The Morgan fingerprint density at radius 3 is 2.55 bits per heavy atom. The molecule has 0 aromatic carbocycles. The molecule has 1 aliphatic rings. The molecule has 0 aliphatic heterocycles. The zero-order valence-corrected chi connectivity index (χ0v) is 16.7. The molecule has 0 radical (unpaired) electrons. The maximum atomic E-state index is 13.1. The van der Waals surface area contributed by atoms with Crippen molar-refractivity contribution in [3.63, 3.8) is 0 Å². The Morgan fingerprint density at radius 1 is 1.03 bits per heavy atom. The van der Waals surface area contributed by atoms with Crippen LogP contribution in [0.3, 0.4) is 0 Å². The molecular weight excluding hydrogens is 407 g/mol. The maximum absolute atomic E-state index is 13.1. The number of hydrogen-bond acceptors (Lipinski definition) is 7. The second-order valence-electron chi connectivity index (χ2n) is 7.20. The molecule has 0 spiro atoms. The predicted molar refractivity (Wildman–Crippen MR) is 110 cm³/mol. The molecule has 3 aromatic heterocycles. The van der Waals surface area contributed by atoms with Crippen LogP contribution >= 0.6 is 0 Å². The van der Waals surface area contributed by atoms with Crippen LogP contribution in [-0.4, -0.2) is 24.9 Å². The molecule has 1 fully saturated rings. The second-order valence-corrected chi connectivity index (χ2v) is 7.20. The summed E-state index contributed by atoms with van der Waals surface area (Å²) in [6.45, 7) is 2.24. The van der Waals surface area contributed by atoms with Gasteiger partial charge in [0, 0.05) is 11.9 Å². The highest BCUT2D eigenvalue weighted by Gasteiger charge is 2.32. The highest BCUT2D eigenvalue weighted by atomic mass is 19.4. The van der Waals surface area contributed by atoms with Crippen molar-refractivity contribution >= 4 is 11.9 Å². The number of pyridine rings is 2. The first kappa shape index (κ1) is 20.7. The van der Waals surface area contributed by atoms with E-state index in [1.165, 1.54) is 12.1 Å². The SMILES string of the molecule is CC(=CC1CC1)Nc1nc(NCc2ccccn2)nc(-c2cccc(C(F)(F)F)n2)n1. The van der Waals surface area contributed by atoms with Gasteiger partial charge in [0.2, 0.25) is 11.9 Å². The molecule has 2 N–H and O–H groups in total. The molecule has 0 atom stereocenters. The van der Waals surface area contributed by atoms with Crippen molar-refractivity contribution < 1.29 is 13.2 Å². The summed E-state index contributed by atoms with van der Waals surface area (Å²) in [5, 5.41) is 6.15. The van der Waals surface area contributed by atoms with Crippen molar-refractivity contribution in [1.29, 1.82) is 0 Å². The lowest BCUT2D eigenvalue weighted by Gasteiger charge is -2.11. The average Bonchev–Trinajstić information content (AvgIpc) is 3.56. The van der Waals surface area contributed by atoms with Gasteiger partial charge in [0.05, 0.1) is 12.2 Å². The van der Waals surface area contributed by atoms with Crippen molar-refractivity contribution in [2.45, 2.75) is 32.5 Å². The van der Waals surface area contributed by atoms with Gasteiger partial charge in [-0.25, -0.2) is 4.98 Å². The van der Waals surface area contributed by atoms with E-state index in [1.807, 2.05) is 19.1 Å². The van der Waals surface area contributed by atoms with Gasteiger partial charge in [-0.15, -0.1) is 0 Å². The summed E-state index contributed by atoms with van der Waals surface area (Å²) >= 11 is 0. The summed E-state index contributed by atoms with van der Waals surface area (Å²) in [4.78, 5) is 20.8. The molecule has 3 heterocycles. The number of hydrogen-bond donors (Lipinski definition) is 2. The van der Waals surface area contributed by atoms with Crippen LogP contribution in [0.5, 0.6) is 0 Å². The quantitative estimate of drug-likeness (QED) is 0.566. The number of halogens is 3. The van der Waals surface area contributed by atoms with E-state index < -0.39 is 11.9 Å². The van der Waals surface area contributed by atoms with Crippen LogP contribution in [0.4, 0.5) is 25.1 Å². The van der Waals surface area contributed by atoms with Gasteiger partial charge in [0.1, 0.15) is 11.4 Å². The lowest BCUT2D eigenvalue weighted by Crippen LogP contribution is -2.12. The zero-order valence-electron chi connectivity index (χ0n) is 16.7. The van der Waals surface area contributed by atoms with Crippen molar-refractivity contribution in [3.8, 4) is 11.5 Å². The van der Waals surface area contributed by atoms with Gasteiger partial charge in [-0.1, -0.05) is 18.2 Å². The van der Waals surface area contributed by atoms with Crippen LogP contribution in [0.2, 0.25) is 0 Å². The van der Waals surface area contributed by atoms with Gasteiger partial charge in [-0.2, -0.15) is 28.1 Å². The van der Waals surface area contributed by atoms with Gasteiger partial charge in [-0.05, 0) is 49.9 Å². The minimum atomic E-state index is -4.56. The van der Waals surface area contributed by atoms with Gasteiger partial charge in [0.25, 0.3) is 0 Å². The molecule has 31 heavy (non-hydrogen) atoms. The molecule has 1 aliphatic carbocycles. The lowest BCUT2D eigenvalue weighted by molar-refractivity contribution is -0.141. The van der Waals surface area contributed by atoms with Crippen molar-refractivity contribution in [1.82, 2.24) is 24.9 Å². The van der Waals surface area contributed by atoms with Crippen LogP contribution in [0.15, 0.2) is 54.4 Å². The fourth-order valence-electron chi connectivity index (χ4n) is 2.85. The van der Waals surface area contributed by atoms with E-state index in [9.17, 15) is 13.2 Å². The van der Waals surface area contributed by atoms with E-state index >= 15 is 0 Å². The predicted octanol–water partition coefficient (Wildman–Crippen LogP) is 4.69. The van der Waals surface area contributed by atoms with Gasteiger partial charge < -0.3 is 10.6 Å². The molecule has 4 rings (SSSR count). The fraction of sp³-hybridized carbons (Fsp3) is 0.286. The Hall–Kier alpha value is -3.56. The third-order valence-electron chi connectivity index (χ3n) is 4.47. The van der Waals surface area contributed by atoms with Gasteiger partial charge >= 0.3 is 6.18 Å². The lowest BCUT2D eigenvalue weighted by atomic mass is 10.3. The molecule has 0 bridgehead atoms. The summed E-state index contributed by atoms with van der Waals surface area (Å²) < 4.78 is 39.3. The Morgan fingerprint density at radius 2 is 1.84 bits per heavy atom. The number of alkyl halides is 3. The third kappa shape index (κ3) is 5.74. The summed E-state index contributed by atoms with van der Waals surface area (Å²) in [7, 11) is 0. The molecule has 0 amide bonds.